The third-order valence-corrected chi connectivity index (χ3v) is 6.88. The van der Waals surface area contributed by atoms with E-state index in [0.717, 1.165) is 17.6 Å². The van der Waals surface area contributed by atoms with Crippen molar-refractivity contribution in [1.82, 2.24) is 4.98 Å². The van der Waals surface area contributed by atoms with Crippen LogP contribution in [0.3, 0.4) is 0 Å². The minimum atomic E-state index is 0.537. The minimum absolute atomic E-state index is 0.537. The van der Waals surface area contributed by atoms with Gasteiger partial charge in [0.2, 0.25) is 0 Å². The molecule has 1 saturated carbocycles. The normalized spacial score (nSPS) is 20.4. The highest BCUT2D eigenvalue weighted by atomic mass is 16.5. The predicted molar refractivity (Wildman–Crippen MR) is 123 cm³/mol. The molecule has 1 fully saturated rings. The smallest absolute Gasteiger partial charge is 0.127 e. The van der Waals surface area contributed by atoms with Crippen LogP contribution in [0.15, 0.2) is 42.7 Å². The van der Waals surface area contributed by atoms with Crippen molar-refractivity contribution in [3.8, 4) is 16.9 Å². The molecule has 0 radical (unpaired) electrons. The van der Waals surface area contributed by atoms with Crippen molar-refractivity contribution in [2.75, 3.05) is 6.61 Å². The van der Waals surface area contributed by atoms with E-state index in [1.807, 2.05) is 13.1 Å². The van der Waals surface area contributed by atoms with Gasteiger partial charge < -0.3 is 4.74 Å². The van der Waals surface area contributed by atoms with Crippen LogP contribution in [0.25, 0.3) is 11.1 Å². The van der Waals surface area contributed by atoms with Gasteiger partial charge in [-0.05, 0) is 60.8 Å². The fraction of sp³-hybridized carbons (Fsp3) is 0.593. The van der Waals surface area contributed by atoms with Crippen molar-refractivity contribution in [2.45, 2.75) is 84.5 Å². The van der Waals surface area contributed by atoms with Crippen LogP contribution in [-0.2, 0) is 0 Å². The molecule has 0 amide bonds. The average Bonchev–Trinajstić information content (AvgIpc) is 2.77. The molecule has 29 heavy (non-hydrogen) atoms. The summed E-state index contributed by atoms with van der Waals surface area (Å²) in [5, 5.41) is 0. The molecule has 1 aliphatic carbocycles. The Morgan fingerprint density at radius 1 is 0.966 bits per heavy atom. The lowest BCUT2D eigenvalue weighted by molar-refractivity contribution is 0.236. The molecule has 1 atom stereocenters. The van der Waals surface area contributed by atoms with Gasteiger partial charge in [0.1, 0.15) is 5.75 Å². The van der Waals surface area contributed by atoms with Gasteiger partial charge in [0.05, 0.1) is 6.61 Å². The van der Waals surface area contributed by atoms with Crippen LogP contribution < -0.4 is 4.74 Å². The number of unbranched alkanes of at least 4 members (excludes halogenated alkanes) is 3. The van der Waals surface area contributed by atoms with E-state index in [0.29, 0.717) is 12.5 Å². The van der Waals surface area contributed by atoms with Crippen LogP contribution >= 0.6 is 0 Å². The topological polar surface area (TPSA) is 22.1 Å². The number of benzene rings is 1. The van der Waals surface area contributed by atoms with Gasteiger partial charge in [0, 0.05) is 18.0 Å². The first-order valence-electron chi connectivity index (χ1n) is 11.9. The standard InChI is InChI=1S/C27H39NO/c1-4-6-7-8-11-22-14-16-23(17-15-22)21(3)26-20-28-19-18-24(26)25-12-9-10-13-27(25)29-5-2/h9-10,12-13,18-23H,4-8,11,14-17H2,1-3H3. The Morgan fingerprint density at radius 2 is 1.76 bits per heavy atom. The molecular weight excluding hydrogens is 354 g/mol. The lowest BCUT2D eigenvalue weighted by Crippen LogP contribution is -2.19. The van der Waals surface area contributed by atoms with E-state index in [1.54, 1.807) is 0 Å². The molecule has 1 unspecified atom stereocenters. The molecule has 0 saturated heterocycles. The van der Waals surface area contributed by atoms with Crippen LogP contribution in [0.5, 0.6) is 5.75 Å². The summed E-state index contributed by atoms with van der Waals surface area (Å²) in [4.78, 5) is 4.49. The molecule has 158 valence electrons. The van der Waals surface area contributed by atoms with Gasteiger partial charge in [-0.1, -0.05) is 77.0 Å². The summed E-state index contributed by atoms with van der Waals surface area (Å²) in [5.74, 6) is 3.24. The predicted octanol–water partition coefficient (Wildman–Crippen LogP) is 8.03. The molecule has 1 heterocycles. The summed E-state index contributed by atoms with van der Waals surface area (Å²) < 4.78 is 5.92. The van der Waals surface area contributed by atoms with Crippen molar-refractivity contribution in [1.29, 1.82) is 0 Å². The first kappa shape index (κ1) is 21.9. The van der Waals surface area contributed by atoms with Crippen molar-refractivity contribution in [3.05, 3.63) is 48.3 Å². The quantitative estimate of drug-likeness (QED) is 0.381. The van der Waals surface area contributed by atoms with Crippen molar-refractivity contribution < 1.29 is 4.74 Å². The summed E-state index contributed by atoms with van der Waals surface area (Å²) in [6.07, 6.45) is 16.6. The Labute approximate surface area is 178 Å². The highest BCUT2D eigenvalue weighted by Gasteiger charge is 2.27. The van der Waals surface area contributed by atoms with Crippen molar-refractivity contribution >= 4 is 0 Å². The zero-order chi connectivity index (χ0) is 20.5. The Bertz CT molecular complexity index is 733. The Hall–Kier alpha value is -1.83. The number of aromatic nitrogens is 1. The number of hydrogen-bond acceptors (Lipinski definition) is 2. The summed E-state index contributed by atoms with van der Waals surface area (Å²) >= 11 is 0. The van der Waals surface area contributed by atoms with Gasteiger partial charge in [-0.2, -0.15) is 0 Å². The second-order valence-corrected chi connectivity index (χ2v) is 8.81. The number of nitrogens with zero attached hydrogens (tertiary/aromatic N) is 1. The molecule has 0 spiro atoms. The molecule has 2 heteroatoms. The fourth-order valence-electron chi connectivity index (χ4n) is 5.08. The van der Waals surface area contributed by atoms with E-state index in [2.05, 4.69) is 55.4 Å². The summed E-state index contributed by atoms with van der Waals surface area (Å²) in [7, 11) is 0. The maximum atomic E-state index is 5.92. The molecule has 1 aromatic carbocycles. The first-order valence-corrected chi connectivity index (χ1v) is 11.9. The largest absolute Gasteiger partial charge is 0.493 e. The van der Waals surface area contributed by atoms with Gasteiger partial charge in [-0.25, -0.2) is 0 Å². The van der Waals surface area contributed by atoms with Crippen LogP contribution in [0.2, 0.25) is 0 Å². The lowest BCUT2D eigenvalue weighted by atomic mass is 9.72. The molecule has 0 N–H and O–H groups in total. The van der Waals surface area contributed by atoms with Gasteiger partial charge >= 0.3 is 0 Å². The Kier molecular flexibility index (Phi) is 8.58. The molecule has 3 rings (SSSR count). The SMILES string of the molecule is CCCCCCC1CCC(C(C)c2cnccc2-c2ccccc2OCC)CC1. The van der Waals surface area contributed by atoms with Crippen LogP contribution in [0.1, 0.15) is 90.0 Å². The fourth-order valence-corrected chi connectivity index (χ4v) is 5.08. The van der Waals surface area contributed by atoms with Crippen LogP contribution in [-0.4, -0.2) is 11.6 Å². The molecule has 2 nitrogen and oxygen atoms in total. The summed E-state index contributed by atoms with van der Waals surface area (Å²) in [5.41, 5.74) is 3.87. The monoisotopic (exact) mass is 393 g/mol. The molecule has 2 aromatic rings. The zero-order valence-corrected chi connectivity index (χ0v) is 18.7. The van der Waals surface area contributed by atoms with E-state index in [-0.39, 0.29) is 0 Å². The molecule has 1 aliphatic rings. The van der Waals surface area contributed by atoms with Crippen molar-refractivity contribution in [2.24, 2.45) is 11.8 Å². The number of hydrogen-bond donors (Lipinski definition) is 0. The molecule has 0 bridgehead atoms. The third-order valence-electron chi connectivity index (χ3n) is 6.88. The number of ether oxygens (including phenoxy) is 1. The molecular formula is C27H39NO. The zero-order valence-electron chi connectivity index (χ0n) is 18.7. The Balaban J connectivity index is 1.68. The van der Waals surface area contributed by atoms with E-state index >= 15 is 0 Å². The van der Waals surface area contributed by atoms with Gasteiger partial charge in [-0.3, -0.25) is 4.98 Å². The number of pyridine rings is 1. The maximum absolute atomic E-state index is 5.92. The van der Waals surface area contributed by atoms with Crippen LogP contribution in [0.4, 0.5) is 0 Å². The highest BCUT2D eigenvalue weighted by molar-refractivity contribution is 5.73. The van der Waals surface area contributed by atoms with Gasteiger partial charge in [0.25, 0.3) is 0 Å². The summed E-state index contributed by atoms with van der Waals surface area (Å²) in [6.45, 7) is 7.45. The third kappa shape index (κ3) is 5.84. The molecule has 1 aromatic heterocycles. The number of rotatable bonds is 10. The Morgan fingerprint density at radius 3 is 2.52 bits per heavy atom. The second-order valence-electron chi connectivity index (χ2n) is 8.81. The molecule has 0 aliphatic heterocycles. The van der Waals surface area contributed by atoms with Crippen molar-refractivity contribution in [3.63, 3.8) is 0 Å². The van der Waals surface area contributed by atoms with E-state index in [9.17, 15) is 0 Å². The van der Waals surface area contributed by atoms with E-state index in [4.69, 9.17) is 4.74 Å². The first-order chi connectivity index (χ1) is 14.2. The highest BCUT2D eigenvalue weighted by Crippen LogP contribution is 2.43. The van der Waals surface area contributed by atoms with E-state index < -0.39 is 0 Å². The average molecular weight is 394 g/mol. The lowest BCUT2D eigenvalue weighted by Gasteiger charge is -2.33. The van der Waals surface area contributed by atoms with E-state index in [1.165, 1.54) is 74.5 Å². The van der Waals surface area contributed by atoms with Gasteiger partial charge in [-0.15, -0.1) is 0 Å². The maximum Gasteiger partial charge on any atom is 0.127 e. The number of para-hydroxylation sites is 1. The minimum Gasteiger partial charge on any atom is -0.493 e. The summed E-state index contributed by atoms with van der Waals surface area (Å²) in [6, 6.07) is 10.6. The van der Waals surface area contributed by atoms with Crippen LogP contribution in [0, 0.1) is 11.8 Å². The second kappa shape index (κ2) is 11.4. The van der Waals surface area contributed by atoms with Gasteiger partial charge in [0.15, 0.2) is 0 Å².